The fourth-order valence-corrected chi connectivity index (χ4v) is 4.33. The Hall–Kier alpha value is -2.16. The van der Waals surface area contributed by atoms with E-state index in [2.05, 4.69) is 9.97 Å². The third-order valence-corrected chi connectivity index (χ3v) is 6.38. The molecule has 0 radical (unpaired) electrons. The van der Waals surface area contributed by atoms with Crippen molar-refractivity contribution < 1.29 is 13.2 Å². The molecule has 146 valence electrons. The highest BCUT2D eigenvalue weighted by atomic mass is 32.2. The molecule has 7 nitrogen and oxygen atoms in total. The second-order valence-corrected chi connectivity index (χ2v) is 8.51. The maximum atomic E-state index is 12.2. The normalized spacial score (nSPS) is 15.6. The standard InChI is InChI=1S/C14H22N2O2S.C5H4N2O/c15-12-14-6-9-16(10-7-14)19(17,18)11-8-13-4-2-1-3-5-13;8-3-5-1-6-4-7-2-5/h1-5,14H,6-12,15H2;1-4H. The molecule has 0 spiro atoms. The summed E-state index contributed by atoms with van der Waals surface area (Å²) in [5, 5.41) is 0. The fraction of sp³-hybridized carbons (Fsp3) is 0.421. The minimum atomic E-state index is -3.12. The van der Waals surface area contributed by atoms with E-state index in [1.165, 1.54) is 18.7 Å². The number of piperidine rings is 1. The second kappa shape index (κ2) is 10.9. The summed E-state index contributed by atoms with van der Waals surface area (Å²) >= 11 is 0. The summed E-state index contributed by atoms with van der Waals surface area (Å²) in [6.45, 7) is 1.91. The number of aldehydes is 1. The zero-order valence-corrected chi connectivity index (χ0v) is 16.1. The van der Waals surface area contributed by atoms with Gasteiger partial charge in [0.15, 0.2) is 6.29 Å². The highest BCUT2D eigenvalue weighted by Gasteiger charge is 2.26. The molecule has 2 aromatic rings. The number of nitrogens with zero attached hydrogens (tertiary/aromatic N) is 3. The number of hydrogen-bond donors (Lipinski definition) is 1. The van der Waals surface area contributed by atoms with Crippen LogP contribution < -0.4 is 5.73 Å². The maximum Gasteiger partial charge on any atom is 0.214 e. The molecule has 1 aromatic heterocycles. The minimum absolute atomic E-state index is 0.199. The highest BCUT2D eigenvalue weighted by molar-refractivity contribution is 7.89. The van der Waals surface area contributed by atoms with Crippen molar-refractivity contribution in [1.82, 2.24) is 14.3 Å². The van der Waals surface area contributed by atoms with Crippen LogP contribution in [0.5, 0.6) is 0 Å². The van der Waals surface area contributed by atoms with E-state index < -0.39 is 10.0 Å². The van der Waals surface area contributed by atoms with Crippen LogP contribution in [0.1, 0.15) is 28.8 Å². The van der Waals surface area contributed by atoms with Gasteiger partial charge < -0.3 is 5.73 Å². The molecule has 1 saturated heterocycles. The van der Waals surface area contributed by atoms with Gasteiger partial charge in [-0.15, -0.1) is 0 Å². The number of carbonyl (C=O) groups is 1. The van der Waals surface area contributed by atoms with Crippen LogP contribution in [0.4, 0.5) is 0 Å². The van der Waals surface area contributed by atoms with E-state index in [-0.39, 0.29) is 5.75 Å². The molecule has 8 heteroatoms. The summed E-state index contributed by atoms with van der Waals surface area (Å²) in [4.78, 5) is 17.2. The van der Waals surface area contributed by atoms with Crippen molar-refractivity contribution in [2.45, 2.75) is 19.3 Å². The van der Waals surface area contributed by atoms with Crippen molar-refractivity contribution in [3.63, 3.8) is 0 Å². The van der Waals surface area contributed by atoms with Crippen molar-refractivity contribution in [2.75, 3.05) is 25.4 Å². The van der Waals surface area contributed by atoms with Crippen LogP contribution >= 0.6 is 0 Å². The largest absolute Gasteiger partial charge is 0.330 e. The molecule has 0 unspecified atom stereocenters. The molecule has 0 saturated carbocycles. The van der Waals surface area contributed by atoms with Crippen LogP contribution in [0.25, 0.3) is 0 Å². The molecule has 0 atom stereocenters. The van der Waals surface area contributed by atoms with Gasteiger partial charge in [0.25, 0.3) is 0 Å². The molecule has 1 aliphatic rings. The Kier molecular flexibility index (Phi) is 8.50. The summed E-state index contributed by atoms with van der Waals surface area (Å²) in [6, 6.07) is 9.76. The molecule has 1 aromatic carbocycles. The first-order chi connectivity index (χ1) is 13.0. The zero-order valence-electron chi connectivity index (χ0n) is 15.3. The number of carbonyl (C=O) groups excluding carboxylic acids is 1. The first-order valence-corrected chi connectivity index (χ1v) is 10.6. The van der Waals surface area contributed by atoms with Crippen LogP contribution in [0.15, 0.2) is 49.1 Å². The van der Waals surface area contributed by atoms with Gasteiger partial charge in [0.2, 0.25) is 10.0 Å². The van der Waals surface area contributed by atoms with Gasteiger partial charge in [-0.3, -0.25) is 4.79 Å². The van der Waals surface area contributed by atoms with Gasteiger partial charge in [0.05, 0.1) is 11.3 Å². The van der Waals surface area contributed by atoms with Gasteiger partial charge in [-0.1, -0.05) is 30.3 Å². The lowest BCUT2D eigenvalue weighted by Crippen LogP contribution is -2.41. The van der Waals surface area contributed by atoms with Crippen molar-refractivity contribution >= 4 is 16.3 Å². The Balaban J connectivity index is 0.000000273. The minimum Gasteiger partial charge on any atom is -0.330 e. The van der Waals surface area contributed by atoms with E-state index in [0.717, 1.165) is 18.4 Å². The van der Waals surface area contributed by atoms with E-state index in [1.807, 2.05) is 30.3 Å². The number of hydrogen-bond acceptors (Lipinski definition) is 6. The van der Waals surface area contributed by atoms with Crippen LogP contribution in [0.3, 0.4) is 0 Å². The zero-order chi connectivity index (χ0) is 19.5. The van der Waals surface area contributed by atoms with Gasteiger partial charge in [-0.25, -0.2) is 22.7 Å². The molecule has 0 bridgehead atoms. The van der Waals surface area contributed by atoms with Gasteiger partial charge in [0.1, 0.15) is 6.33 Å². The molecule has 3 rings (SSSR count). The van der Waals surface area contributed by atoms with Crippen molar-refractivity contribution in [2.24, 2.45) is 11.7 Å². The van der Waals surface area contributed by atoms with Crippen LogP contribution in [0.2, 0.25) is 0 Å². The molecular weight excluding hydrogens is 364 g/mol. The van der Waals surface area contributed by atoms with Gasteiger partial charge in [-0.2, -0.15) is 0 Å². The SMILES string of the molecule is NCC1CCN(S(=O)(=O)CCc2ccccc2)CC1.O=Cc1cncnc1. The summed E-state index contributed by atoms with van der Waals surface area (Å²) in [7, 11) is -3.12. The molecular formula is C19H26N4O3S. The molecule has 2 N–H and O–H groups in total. The highest BCUT2D eigenvalue weighted by Crippen LogP contribution is 2.19. The Bertz CT molecular complexity index is 777. The van der Waals surface area contributed by atoms with Crippen LogP contribution in [-0.2, 0) is 16.4 Å². The number of benzene rings is 1. The lowest BCUT2D eigenvalue weighted by Gasteiger charge is -2.30. The molecule has 27 heavy (non-hydrogen) atoms. The Morgan fingerprint density at radius 3 is 2.26 bits per heavy atom. The van der Waals surface area contributed by atoms with Gasteiger partial charge in [-0.05, 0) is 37.3 Å². The average molecular weight is 391 g/mol. The lowest BCUT2D eigenvalue weighted by molar-refractivity contribution is 0.112. The Labute approximate surface area is 160 Å². The topological polar surface area (TPSA) is 106 Å². The van der Waals surface area contributed by atoms with Crippen molar-refractivity contribution in [3.05, 3.63) is 60.2 Å². The first-order valence-electron chi connectivity index (χ1n) is 8.97. The predicted molar refractivity (Wildman–Crippen MR) is 105 cm³/mol. The third kappa shape index (κ3) is 7.16. The Morgan fingerprint density at radius 2 is 1.74 bits per heavy atom. The van der Waals surface area contributed by atoms with E-state index in [1.54, 1.807) is 4.31 Å². The number of sulfonamides is 1. The summed E-state index contributed by atoms with van der Waals surface area (Å²) in [6.07, 6.45) is 7.37. The number of aromatic nitrogens is 2. The average Bonchev–Trinajstić information content (AvgIpc) is 2.74. The van der Waals surface area contributed by atoms with Crippen molar-refractivity contribution in [1.29, 1.82) is 0 Å². The quantitative estimate of drug-likeness (QED) is 0.750. The lowest BCUT2D eigenvalue weighted by atomic mass is 9.99. The van der Waals surface area contributed by atoms with Gasteiger partial charge >= 0.3 is 0 Å². The summed E-state index contributed by atoms with van der Waals surface area (Å²) < 4.78 is 26.1. The Morgan fingerprint density at radius 1 is 1.11 bits per heavy atom. The maximum absolute atomic E-state index is 12.2. The monoisotopic (exact) mass is 390 g/mol. The van der Waals surface area contributed by atoms with E-state index in [4.69, 9.17) is 5.73 Å². The fourth-order valence-electron chi connectivity index (χ4n) is 2.82. The smallest absolute Gasteiger partial charge is 0.214 e. The van der Waals surface area contributed by atoms with Crippen LogP contribution in [0, 0.1) is 5.92 Å². The number of aryl methyl sites for hydroxylation is 1. The molecule has 0 amide bonds. The van der Waals surface area contributed by atoms with Crippen molar-refractivity contribution in [3.8, 4) is 0 Å². The number of nitrogens with two attached hydrogens (primary N) is 1. The van der Waals surface area contributed by atoms with E-state index in [0.29, 0.717) is 43.8 Å². The predicted octanol–water partition coefficient (Wildman–Crippen LogP) is 1.52. The number of rotatable bonds is 6. The van der Waals surface area contributed by atoms with E-state index in [9.17, 15) is 13.2 Å². The molecule has 0 aliphatic carbocycles. The van der Waals surface area contributed by atoms with Crippen LogP contribution in [-0.4, -0.2) is 54.4 Å². The molecule has 1 aliphatic heterocycles. The first kappa shape index (κ1) is 21.1. The molecule has 1 fully saturated rings. The summed E-state index contributed by atoms with van der Waals surface area (Å²) in [5.74, 6) is 0.685. The second-order valence-electron chi connectivity index (χ2n) is 6.42. The molecule has 2 heterocycles. The van der Waals surface area contributed by atoms with E-state index >= 15 is 0 Å². The third-order valence-electron chi connectivity index (χ3n) is 4.51. The summed E-state index contributed by atoms with van der Waals surface area (Å²) in [5.41, 5.74) is 7.20. The van der Waals surface area contributed by atoms with Gasteiger partial charge in [0, 0.05) is 25.5 Å².